The van der Waals surface area contributed by atoms with Crippen LogP contribution in [0.25, 0.3) is 0 Å². The highest BCUT2D eigenvalue weighted by molar-refractivity contribution is 7.89. The lowest BCUT2D eigenvalue weighted by Crippen LogP contribution is -2.37. The normalized spacial score (nSPS) is 18.6. The summed E-state index contributed by atoms with van der Waals surface area (Å²) in [6, 6.07) is 3.38. The van der Waals surface area contributed by atoms with Crippen LogP contribution in [0.15, 0.2) is 23.1 Å². The third-order valence-electron chi connectivity index (χ3n) is 3.32. The summed E-state index contributed by atoms with van der Waals surface area (Å²) in [5.74, 6) is 4.05. The van der Waals surface area contributed by atoms with Crippen molar-refractivity contribution in [3.63, 3.8) is 0 Å². The van der Waals surface area contributed by atoms with Gasteiger partial charge in [-0.2, -0.15) is 4.31 Å². The summed E-state index contributed by atoms with van der Waals surface area (Å²) in [5.41, 5.74) is 0.312. The van der Waals surface area contributed by atoms with Gasteiger partial charge >= 0.3 is 0 Å². The highest BCUT2D eigenvalue weighted by Crippen LogP contribution is 2.23. The van der Waals surface area contributed by atoms with Crippen molar-refractivity contribution in [1.29, 1.82) is 0 Å². The lowest BCUT2D eigenvalue weighted by atomic mass is 10.2. The number of nitrogens with zero attached hydrogens (tertiary/aromatic N) is 1. The van der Waals surface area contributed by atoms with Gasteiger partial charge in [0.15, 0.2) is 0 Å². The Morgan fingerprint density at radius 1 is 1.52 bits per heavy atom. The van der Waals surface area contributed by atoms with Crippen molar-refractivity contribution in [2.75, 3.05) is 26.9 Å². The Kier molecular flexibility index (Phi) is 4.96. The summed E-state index contributed by atoms with van der Waals surface area (Å²) in [5, 5.41) is 8.59. The molecule has 0 amide bonds. The molecule has 1 aromatic carbocycles. The molecular weight excluding hydrogens is 297 g/mol. The van der Waals surface area contributed by atoms with Crippen LogP contribution in [0.1, 0.15) is 12.0 Å². The number of aliphatic hydroxyl groups is 1. The minimum Gasteiger partial charge on any atom is -0.384 e. The summed E-state index contributed by atoms with van der Waals surface area (Å²) >= 11 is 0. The number of likely N-dealkylation sites (N-methyl/N-ethyl adjacent to an activating group) is 1. The van der Waals surface area contributed by atoms with Gasteiger partial charge in [0.1, 0.15) is 17.3 Å². The first kappa shape index (κ1) is 15.9. The molecule has 1 saturated heterocycles. The van der Waals surface area contributed by atoms with Crippen LogP contribution in [0.3, 0.4) is 0 Å². The fraction of sp³-hybridized carbons (Fsp3) is 0.429. The van der Waals surface area contributed by atoms with Crippen LogP contribution in [0.2, 0.25) is 0 Å². The number of ether oxygens (including phenoxy) is 1. The van der Waals surface area contributed by atoms with Crippen molar-refractivity contribution >= 4 is 10.0 Å². The molecule has 1 unspecified atom stereocenters. The number of benzene rings is 1. The molecule has 0 saturated carbocycles. The average Bonchev–Trinajstić information content (AvgIpc) is 2.98. The van der Waals surface area contributed by atoms with Crippen LogP contribution >= 0.6 is 0 Å². The number of aliphatic hydroxyl groups excluding tert-OH is 1. The molecule has 1 aliphatic heterocycles. The van der Waals surface area contributed by atoms with Gasteiger partial charge in [-0.25, -0.2) is 12.8 Å². The third kappa shape index (κ3) is 3.41. The average molecular weight is 313 g/mol. The minimum absolute atomic E-state index is 0.275. The van der Waals surface area contributed by atoms with Crippen LogP contribution in [0.5, 0.6) is 0 Å². The van der Waals surface area contributed by atoms with Crippen molar-refractivity contribution in [3.8, 4) is 11.8 Å². The Hall–Kier alpha value is -1.46. The molecule has 1 fully saturated rings. The molecule has 1 aliphatic rings. The Morgan fingerprint density at radius 3 is 2.86 bits per heavy atom. The van der Waals surface area contributed by atoms with Crippen molar-refractivity contribution in [2.24, 2.45) is 0 Å². The fourth-order valence-corrected chi connectivity index (χ4v) is 3.50. The van der Waals surface area contributed by atoms with E-state index < -0.39 is 15.8 Å². The second kappa shape index (κ2) is 6.54. The summed E-state index contributed by atoms with van der Waals surface area (Å²) in [6.07, 6.45) is 0.595. The van der Waals surface area contributed by atoms with Crippen molar-refractivity contribution in [2.45, 2.75) is 17.4 Å². The van der Waals surface area contributed by atoms with Crippen LogP contribution in [-0.2, 0) is 14.8 Å². The summed E-state index contributed by atoms with van der Waals surface area (Å²) in [6.45, 7) is 0.478. The van der Waals surface area contributed by atoms with E-state index in [9.17, 15) is 12.8 Å². The highest BCUT2D eigenvalue weighted by Gasteiger charge is 2.32. The quantitative estimate of drug-likeness (QED) is 0.829. The molecule has 5 nitrogen and oxygen atoms in total. The van der Waals surface area contributed by atoms with E-state index >= 15 is 0 Å². The van der Waals surface area contributed by atoms with Crippen LogP contribution in [-0.4, -0.2) is 50.7 Å². The smallest absolute Gasteiger partial charge is 0.246 e. The molecule has 1 atom stereocenters. The number of halogens is 1. The SMILES string of the molecule is CN(C1CCOC1)S(=O)(=O)c1ccc(C#CCO)cc1F. The van der Waals surface area contributed by atoms with Gasteiger partial charge in [0, 0.05) is 19.2 Å². The van der Waals surface area contributed by atoms with Gasteiger partial charge in [-0.3, -0.25) is 0 Å². The Bertz CT molecular complexity index is 672. The largest absolute Gasteiger partial charge is 0.384 e. The molecule has 21 heavy (non-hydrogen) atoms. The number of hydrogen-bond donors (Lipinski definition) is 1. The van der Waals surface area contributed by atoms with Gasteiger partial charge in [0.25, 0.3) is 0 Å². The van der Waals surface area contributed by atoms with E-state index in [2.05, 4.69) is 11.8 Å². The van der Waals surface area contributed by atoms with E-state index in [4.69, 9.17) is 9.84 Å². The van der Waals surface area contributed by atoms with E-state index in [1.807, 2.05) is 0 Å². The van der Waals surface area contributed by atoms with E-state index in [-0.39, 0.29) is 17.5 Å². The maximum Gasteiger partial charge on any atom is 0.246 e. The molecule has 1 heterocycles. The first-order valence-electron chi connectivity index (χ1n) is 6.42. The molecule has 114 valence electrons. The zero-order valence-corrected chi connectivity index (χ0v) is 12.4. The molecule has 1 N–H and O–H groups in total. The number of rotatable bonds is 3. The maximum atomic E-state index is 14.1. The predicted octanol–water partition coefficient (Wildman–Crippen LogP) is 0.579. The lowest BCUT2D eigenvalue weighted by Gasteiger charge is -2.22. The Labute approximate surface area is 123 Å². The van der Waals surface area contributed by atoms with Gasteiger partial charge in [-0.15, -0.1) is 0 Å². The van der Waals surface area contributed by atoms with Gasteiger partial charge in [-0.1, -0.05) is 11.8 Å². The standard InChI is InChI=1S/C14H16FNO4S/c1-16(12-6-8-20-10-12)21(18,19)14-5-4-11(3-2-7-17)9-13(14)15/h4-5,9,12,17H,6-8,10H2,1H3. The van der Waals surface area contributed by atoms with E-state index in [0.29, 0.717) is 25.2 Å². The molecule has 2 rings (SSSR count). The monoisotopic (exact) mass is 313 g/mol. The zero-order chi connectivity index (χ0) is 15.5. The summed E-state index contributed by atoms with van der Waals surface area (Å²) in [7, 11) is -2.49. The Balaban J connectivity index is 2.31. The van der Waals surface area contributed by atoms with Crippen LogP contribution < -0.4 is 0 Å². The molecule has 1 aromatic rings. The van der Waals surface area contributed by atoms with Gasteiger partial charge in [0.05, 0.1) is 12.6 Å². The third-order valence-corrected chi connectivity index (χ3v) is 5.26. The van der Waals surface area contributed by atoms with E-state index in [1.54, 1.807) is 0 Å². The van der Waals surface area contributed by atoms with Gasteiger partial charge in [-0.05, 0) is 24.6 Å². The van der Waals surface area contributed by atoms with Crippen molar-refractivity contribution < 1.29 is 22.7 Å². The number of hydrogen-bond acceptors (Lipinski definition) is 4. The van der Waals surface area contributed by atoms with Crippen LogP contribution in [0, 0.1) is 17.7 Å². The lowest BCUT2D eigenvalue weighted by molar-refractivity contribution is 0.180. The second-order valence-corrected chi connectivity index (χ2v) is 6.61. The highest BCUT2D eigenvalue weighted by atomic mass is 32.2. The molecule has 7 heteroatoms. The maximum absolute atomic E-state index is 14.1. The minimum atomic E-state index is -3.91. The molecule has 0 spiro atoms. The first-order chi connectivity index (χ1) is 9.96. The fourth-order valence-electron chi connectivity index (χ4n) is 2.09. The van der Waals surface area contributed by atoms with Crippen LogP contribution in [0.4, 0.5) is 4.39 Å². The Morgan fingerprint density at radius 2 is 2.29 bits per heavy atom. The first-order valence-corrected chi connectivity index (χ1v) is 7.86. The zero-order valence-electron chi connectivity index (χ0n) is 11.5. The number of sulfonamides is 1. The summed E-state index contributed by atoms with van der Waals surface area (Å²) < 4.78 is 45.2. The molecule has 0 aromatic heterocycles. The molecule has 0 radical (unpaired) electrons. The molecule has 0 bridgehead atoms. The van der Waals surface area contributed by atoms with E-state index in [1.165, 1.54) is 19.2 Å². The van der Waals surface area contributed by atoms with Crippen molar-refractivity contribution in [1.82, 2.24) is 4.31 Å². The molecular formula is C14H16FNO4S. The predicted molar refractivity (Wildman–Crippen MR) is 74.5 cm³/mol. The molecule has 0 aliphatic carbocycles. The second-order valence-electron chi connectivity index (χ2n) is 4.64. The topological polar surface area (TPSA) is 66.8 Å². The van der Waals surface area contributed by atoms with E-state index in [0.717, 1.165) is 10.4 Å². The van der Waals surface area contributed by atoms with Crippen molar-refractivity contribution in [3.05, 3.63) is 29.6 Å². The van der Waals surface area contributed by atoms with Gasteiger partial charge in [0.2, 0.25) is 10.0 Å². The summed E-state index contributed by atoms with van der Waals surface area (Å²) in [4.78, 5) is -0.383. The van der Waals surface area contributed by atoms with Gasteiger partial charge < -0.3 is 9.84 Å².